The summed E-state index contributed by atoms with van der Waals surface area (Å²) in [5.74, 6) is -0.921. The van der Waals surface area contributed by atoms with Crippen LogP contribution in [0.3, 0.4) is 0 Å². The lowest BCUT2D eigenvalue weighted by atomic mass is 10.1. The minimum atomic E-state index is -3.18. The molecule has 1 aliphatic rings. The number of thiophene rings is 1. The molecule has 1 N–H and O–H groups in total. The molecule has 9 heteroatoms. The van der Waals surface area contributed by atoms with Crippen molar-refractivity contribution in [2.45, 2.75) is 25.5 Å². The number of ether oxygens (including phenoxy) is 1. The lowest BCUT2D eigenvalue weighted by Gasteiger charge is -2.13. The number of sulfone groups is 1. The van der Waals surface area contributed by atoms with Crippen LogP contribution in [0.2, 0.25) is 0 Å². The fourth-order valence-electron chi connectivity index (χ4n) is 2.89. The summed E-state index contributed by atoms with van der Waals surface area (Å²) in [4.78, 5) is 25.5. The first-order valence-corrected chi connectivity index (χ1v) is 11.8. The van der Waals surface area contributed by atoms with Gasteiger partial charge in [-0.3, -0.25) is 4.79 Å². The van der Waals surface area contributed by atoms with Crippen LogP contribution in [0, 0.1) is 0 Å². The van der Waals surface area contributed by atoms with E-state index in [4.69, 9.17) is 4.74 Å². The Balaban J connectivity index is 1.87. The fourth-order valence-corrected chi connectivity index (χ4v) is 6.21. The summed E-state index contributed by atoms with van der Waals surface area (Å²) in [6, 6.07) is 7.37. The first-order chi connectivity index (χ1) is 12.8. The Bertz CT molecular complexity index is 980. The molecule has 27 heavy (non-hydrogen) atoms. The lowest BCUT2D eigenvalue weighted by molar-refractivity contribution is -0.115. The number of carbonyl (C=O) groups is 2. The zero-order valence-electron chi connectivity index (χ0n) is 14.6. The molecule has 0 fully saturated rings. The second kappa shape index (κ2) is 8.12. The molecule has 0 radical (unpaired) electrons. The van der Waals surface area contributed by atoms with Gasteiger partial charge in [0.2, 0.25) is 5.91 Å². The second-order valence-corrected chi connectivity index (χ2v) is 10.3. The predicted molar refractivity (Wildman–Crippen MR) is 108 cm³/mol. The van der Waals surface area contributed by atoms with Crippen molar-refractivity contribution in [3.63, 3.8) is 0 Å². The Morgan fingerprint density at radius 1 is 1.26 bits per heavy atom. The summed E-state index contributed by atoms with van der Waals surface area (Å²) >= 11 is 4.49. The van der Waals surface area contributed by atoms with Crippen LogP contribution in [-0.4, -0.2) is 32.7 Å². The van der Waals surface area contributed by atoms with E-state index in [1.54, 1.807) is 6.92 Å². The number of anilines is 1. The van der Waals surface area contributed by atoms with Crippen LogP contribution in [-0.2, 0) is 38.0 Å². The third-order valence-electron chi connectivity index (χ3n) is 4.12. The van der Waals surface area contributed by atoms with E-state index in [2.05, 4.69) is 21.2 Å². The van der Waals surface area contributed by atoms with Gasteiger partial charge in [-0.15, -0.1) is 11.3 Å². The molecule has 0 unspecified atom stereocenters. The van der Waals surface area contributed by atoms with Crippen LogP contribution < -0.4 is 5.32 Å². The molecule has 0 saturated heterocycles. The first kappa shape index (κ1) is 20.0. The van der Waals surface area contributed by atoms with Gasteiger partial charge in [-0.2, -0.15) is 0 Å². The maximum atomic E-state index is 12.5. The van der Waals surface area contributed by atoms with E-state index in [1.165, 1.54) is 0 Å². The summed E-state index contributed by atoms with van der Waals surface area (Å²) in [5.41, 5.74) is 1.79. The van der Waals surface area contributed by atoms with E-state index in [0.29, 0.717) is 15.4 Å². The van der Waals surface area contributed by atoms with Crippen molar-refractivity contribution in [1.29, 1.82) is 0 Å². The first-order valence-electron chi connectivity index (χ1n) is 8.35. The molecule has 1 aliphatic heterocycles. The highest BCUT2D eigenvalue weighted by atomic mass is 79.9. The van der Waals surface area contributed by atoms with Gasteiger partial charge >= 0.3 is 5.97 Å². The summed E-state index contributed by atoms with van der Waals surface area (Å²) < 4.78 is 29.9. The summed E-state index contributed by atoms with van der Waals surface area (Å²) in [7, 11) is -3.18. The number of esters is 1. The summed E-state index contributed by atoms with van der Waals surface area (Å²) in [6.45, 7) is 1.90. The van der Waals surface area contributed by atoms with Crippen molar-refractivity contribution in [2.75, 3.05) is 17.7 Å². The monoisotopic (exact) mass is 471 g/mol. The summed E-state index contributed by atoms with van der Waals surface area (Å²) in [6.07, 6.45) is 0.404. The molecular weight excluding hydrogens is 454 g/mol. The van der Waals surface area contributed by atoms with E-state index in [-0.39, 0.29) is 42.4 Å². The Kier molecular flexibility index (Phi) is 6.02. The van der Waals surface area contributed by atoms with Gasteiger partial charge in [-0.05, 0) is 36.6 Å². The van der Waals surface area contributed by atoms with Crippen molar-refractivity contribution in [2.24, 2.45) is 0 Å². The van der Waals surface area contributed by atoms with E-state index in [1.807, 2.05) is 24.3 Å². The summed E-state index contributed by atoms with van der Waals surface area (Å²) in [5, 5.41) is 3.13. The number of halogens is 1. The highest BCUT2D eigenvalue weighted by molar-refractivity contribution is 9.10. The minimum absolute atomic E-state index is 0.00455. The maximum Gasteiger partial charge on any atom is 0.341 e. The van der Waals surface area contributed by atoms with Gasteiger partial charge in [0.15, 0.2) is 9.84 Å². The van der Waals surface area contributed by atoms with Crippen LogP contribution in [0.15, 0.2) is 28.7 Å². The Morgan fingerprint density at radius 3 is 2.63 bits per heavy atom. The fraction of sp³-hybridized carbons (Fsp3) is 0.333. The highest BCUT2D eigenvalue weighted by Crippen LogP contribution is 2.38. The molecule has 0 aliphatic carbocycles. The Labute approximate surface area is 170 Å². The molecule has 0 bridgehead atoms. The normalized spacial score (nSPS) is 15.0. The van der Waals surface area contributed by atoms with E-state index < -0.39 is 15.8 Å². The van der Waals surface area contributed by atoms with Crippen LogP contribution in [0.25, 0.3) is 0 Å². The number of nitrogens with one attached hydrogen (secondary N) is 1. The number of fused-ring (bicyclic) bond motifs is 1. The molecule has 1 amide bonds. The van der Waals surface area contributed by atoms with E-state index in [0.717, 1.165) is 21.4 Å². The minimum Gasteiger partial charge on any atom is -0.462 e. The zero-order valence-corrected chi connectivity index (χ0v) is 17.8. The molecule has 144 valence electrons. The van der Waals surface area contributed by atoms with Crippen LogP contribution in [0.1, 0.15) is 33.3 Å². The van der Waals surface area contributed by atoms with Crippen LogP contribution >= 0.6 is 27.3 Å². The average Bonchev–Trinajstić information content (AvgIpc) is 2.92. The van der Waals surface area contributed by atoms with Crippen molar-refractivity contribution in [3.05, 3.63) is 50.3 Å². The number of hydrogen-bond acceptors (Lipinski definition) is 6. The predicted octanol–water partition coefficient (Wildman–Crippen LogP) is 3.34. The SMILES string of the molecule is CCOC(=O)c1c(NC(=O)Cc2ccc(Br)cc2)sc2c1CCS(=O)(=O)C2. The van der Waals surface area contributed by atoms with Gasteiger partial charge in [0.25, 0.3) is 0 Å². The third kappa shape index (κ3) is 4.77. The zero-order chi connectivity index (χ0) is 19.6. The van der Waals surface area contributed by atoms with Gasteiger partial charge < -0.3 is 10.1 Å². The number of amides is 1. The van der Waals surface area contributed by atoms with Crippen molar-refractivity contribution >= 4 is 54.0 Å². The largest absolute Gasteiger partial charge is 0.462 e. The third-order valence-corrected chi connectivity index (χ3v) is 7.53. The molecule has 1 aromatic carbocycles. The smallest absolute Gasteiger partial charge is 0.341 e. The topological polar surface area (TPSA) is 89.5 Å². The number of carbonyl (C=O) groups excluding carboxylic acids is 2. The maximum absolute atomic E-state index is 12.5. The average molecular weight is 472 g/mol. The number of hydrogen-bond donors (Lipinski definition) is 1. The molecular formula is C18H18BrNO5S2. The van der Waals surface area contributed by atoms with E-state index in [9.17, 15) is 18.0 Å². The van der Waals surface area contributed by atoms with Gasteiger partial charge in [0.1, 0.15) is 5.00 Å². The molecule has 3 rings (SSSR count). The van der Waals surface area contributed by atoms with Crippen molar-refractivity contribution in [1.82, 2.24) is 0 Å². The Hall–Kier alpha value is -1.71. The van der Waals surface area contributed by atoms with Gasteiger partial charge in [-0.25, -0.2) is 13.2 Å². The van der Waals surface area contributed by atoms with Crippen LogP contribution in [0.5, 0.6) is 0 Å². The Morgan fingerprint density at radius 2 is 1.96 bits per heavy atom. The van der Waals surface area contributed by atoms with Gasteiger partial charge in [0, 0.05) is 9.35 Å². The van der Waals surface area contributed by atoms with Gasteiger partial charge in [-0.1, -0.05) is 28.1 Å². The lowest BCUT2D eigenvalue weighted by Crippen LogP contribution is -2.20. The molecule has 0 spiro atoms. The highest BCUT2D eigenvalue weighted by Gasteiger charge is 2.32. The molecule has 6 nitrogen and oxygen atoms in total. The van der Waals surface area contributed by atoms with E-state index >= 15 is 0 Å². The number of benzene rings is 1. The molecule has 2 aromatic rings. The second-order valence-electron chi connectivity index (χ2n) is 6.12. The standard InChI is InChI=1S/C18H18BrNO5S2/c1-2-25-18(22)16-13-7-8-27(23,24)10-14(13)26-17(16)20-15(21)9-11-3-5-12(19)6-4-11/h3-6H,2,7-10H2,1H3,(H,20,21). The molecule has 1 aromatic heterocycles. The van der Waals surface area contributed by atoms with Gasteiger partial charge in [0.05, 0.1) is 30.1 Å². The van der Waals surface area contributed by atoms with Crippen molar-refractivity contribution < 1.29 is 22.7 Å². The quantitative estimate of drug-likeness (QED) is 0.675. The van der Waals surface area contributed by atoms with Crippen LogP contribution in [0.4, 0.5) is 5.00 Å². The molecule has 0 atom stereocenters. The molecule has 0 saturated carbocycles. The molecule has 2 heterocycles. The number of rotatable bonds is 5. The van der Waals surface area contributed by atoms with Crippen molar-refractivity contribution in [3.8, 4) is 0 Å².